The summed E-state index contributed by atoms with van der Waals surface area (Å²) in [6.07, 6.45) is 1.57. The van der Waals surface area contributed by atoms with E-state index in [2.05, 4.69) is 26.2 Å². The van der Waals surface area contributed by atoms with Crippen LogP contribution in [0.5, 0.6) is 0 Å². The Balaban J connectivity index is 2.54. The Hall–Kier alpha value is -1.80. The molecule has 0 bridgehead atoms. The zero-order valence-electron chi connectivity index (χ0n) is 8.58. The standard InChI is InChI=1S/C9H8BrN5O2/c10-6-1-2-8(9(3-6)15(16)17)14-5-7(4-11)12-13-14/h1-3,5H,4,11H2. The summed E-state index contributed by atoms with van der Waals surface area (Å²) >= 11 is 3.19. The monoisotopic (exact) mass is 297 g/mol. The Morgan fingerprint density at radius 3 is 2.88 bits per heavy atom. The van der Waals surface area contributed by atoms with Crippen molar-refractivity contribution in [2.45, 2.75) is 6.54 Å². The molecular weight excluding hydrogens is 290 g/mol. The lowest BCUT2D eigenvalue weighted by Crippen LogP contribution is -2.01. The van der Waals surface area contributed by atoms with E-state index in [1.165, 1.54) is 10.7 Å². The number of benzene rings is 1. The number of hydrogen-bond donors (Lipinski definition) is 1. The topological polar surface area (TPSA) is 99.9 Å². The van der Waals surface area contributed by atoms with Crippen LogP contribution in [-0.4, -0.2) is 19.9 Å². The van der Waals surface area contributed by atoms with Crippen LogP contribution in [0.4, 0.5) is 5.69 Å². The fraction of sp³-hybridized carbons (Fsp3) is 0.111. The van der Waals surface area contributed by atoms with Gasteiger partial charge in [-0.25, -0.2) is 4.68 Å². The Kier molecular flexibility index (Phi) is 3.16. The Bertz CT molecular complexity index is 568. The van der Waals surface area contributed by atoms with Gasteiger partial charge in [0.2, 0.25) is 0 Å². The highest BCUT2D eigenvalue weighted by Gasteiger charge is 2.16. The lowest BCUT2D eigenvalue weighted by molar-refractivity contribution is -0.384. The van der Waals surface area contributed by atoms with E-state index in [-0.39, 0.29) is 12.2 Å². The van der Waals surface area contributed by atoms with Crippen molar-refractivity contribution >= 4 is 21.6 Å². The van der Waals surface area contributed by atoms with Gasteiger partial charge in [-0.3, -0.25) is 10.1 Å². The van der Waals surface area contributed by atoms with Gasteiger partial charge in [0, 0.05) is 17.1 Å². The molecule has 1 aromatic heterocycles. The smallest absolute Gasteiger partial charge is 0.296 e. The SMILES string of the molecule is NCc1cn(-c2ccc(Br)cc2[N+](=O)[O-])nn1. The van der Waals surface area contributed by atoms with Crippen LogP contribution >= 0.6 is 15.9 Å². The Labute approximate surface area is 105 Å². The molecule has 0 unspecified atom stereocenters. The number of nitro groups is 1. The van der Waals surface area contributed by atoms with Gasteiger partial charge in [0.05, 0.1) is 16.8 Å². The maximum atomic E-state index is 10.9. The zero-order valence-corrected chi connectivity index (χ0v) is 10.2. The molecule has 88 valence electrons. The summed E-state index contributed by atoms with van der Waals surface area (Å²) in [6.45, 7) is 0.240. The van der Waals surface area contributed by atoms with E-state index in [1.807, 2.05) is 0 Å². The van der Waals surface area contributed by atoms with Crippen LogP contribution in [0.15, 0.2) is 28.9 Å². The molecule has 0 saturated carbocycles. The molecular formula is C9H8BrN5O2. The summed E-state index contributed by atoms with van der Waals surface area (Å²) < 4.78 is 1.97. The van der Waals surface area contributed by atoms with Gasteiger partial charge in [0.15, 0.2) is 0 Å². The van der Waals surface area contributed by atoms with E-state index in [1.54, 1.807) is 18.3 Å². The van der Waals surface area contributed by atoms with Crippen LogP contribution in [0.1, 0.15) is 5.69 Å². The van der Waals surface area contributed by atoms with E-state index < -0.39 is 4.92 Å². The van der Waals surface area contributed by atoms with Crippen molar-refractivity contribution in [3.8, 4) is 5.69 Å². The largest absolute Gasteiger partial charge is 0.325 e. The van der Waals surface area contributed by atoms with Crippen LogP contribution in [0, 0.1) is 10.1 Å². The van der Waals surface area contributed by atoms with E-state index in [0.29, 0.717) is 15.9 Å². The third-order valence-electron chi connectivity index (χ3n) is 2.13. The predicted octanol–water partition coefficient (Wildman–Crippen LogP) is 1.40. The number of rotatable bonds is 3. The summed E-state index contributed by atoms with van der Waals surface area (Å²) in [5.74, 6) is 0. The third-order valence-corrected chi connectivity index (χ3v) is 2.62. The number of nitro benzene ring substituents is 1. The second-order valence-electron chi connectivity index (χ2n) is 3.25. The van der Waals surface area contributed by atoms with Gasteiger partial charge in [-0.2, -0.15) is 0 Å². The quantitative estimate of drug-likeness (QED) is 0.682. The first-order chi connectivity index (χ1) is 8.11. The average Bonchev–Trinajstić information content (AvgIpc) is 2.77. The average molecular weight is 298 g/mol. The highest BCUT2D eigenvalue weighted by molar-refractivity contribution is 9.10. The summed E-state index contributed by atoms with van der Waals surface area (Å²) in [6, 6.07) is 4.71. The van der Waals surface area contributed by atoms with Crippen molar-refractivity contribution in [2.75, 3.05) is 0 Å². The minimum atomic E-state index is -0.468. The predicted molar refractivity (Wildman–Crippen MR) is 63.6 cm³/mol. The van der Waals surface area contributed by atoms with Crippen LogP contribution in [0.2, 0.25) is 0 Å². The molecule has 8 heteroatoms. The maximum Gasteiger partial charge on any atom is 0.296 e. The minimum Gasteiger partial charge on any atom is -0.325 e. The minimum absolute atomic E-state index is 0.0483. The van der Waals surface area contributed by atoms with Gasteiger partial charge in [-0.1, -0.05) is 21.1 Å². The molecule has 2 N–H and O–H groups in total. The summed E-state index contributed by atoms with van der Waals surface area (Å²) in [4.78, 5) is 10.5. The lowest BCUT2D eigenvalue weighted by Gasteiger charge is -2.01. The Morgan fingerprint density at radius 2 is 2.29 bits per heavy atom. The van der Waals surface area contributed by atoms with Crippen molar-refractivity contribution in [3.05, 3.63) is 44.7 Å². The molecule has 1 heterocycles. The first-order valence-corrected chi connectivity index (χ1v) is 5.46. The molecule has 0 amide bonds. The molecule has 0 aliphatic heterocycles. The maximum absolute atomic E-state index is 10.9. The fourth-order valence-corrected chi connectivity index (χ4v) is 1.70. The molecule has 2 aromatic rings. The molecule has 7 nitrogen and oxygen atoms in total. The van der Waals surface area contributed by atoms with Gasteiger partial charge in [-0.15, -0.1) is 5.10 Å². The molecule has 1 aromatic carbocycles. The summed E-state index contributed by atoms with van der Waals surface area (Å²) in [7, 11) is 0. The van der Waals surface area contributed by atoms with Gasteiger partial charge in [-0.05, 0) is 12.1 Å². The van der Waals surface area contributed by atoms with Crippen molar-refractivity contribution in [1.82, 2.24) is 15.0 Å². The van der Waals surface area contributed by atoms with Crippen molar-refractivity contribution in [2.24, 2.45) is 5.73 Å². The summed E-state index contributed by atoms with van der Waals surface area (Å²) in [5.41, 5.74) is 6.28. The molecule has 17 heavy (non-hydrogen) atoms. The highest BCUT2D eigenvalue weighted by Crippen LogP contribution is 2.26. The van der Waals surface area contributed by atoms with Crippen molar-refractivity contribution < 1.29 is 4.92 Å². The van der Waals surface area contributed by atoms with Crippen LogP contribution in [0.3, 0.4) is 0 Å². The number of nitrogens with two attached hydrogens (primary N) is 1. The number of halogens is 1. The van der Waals surface area contributed by atoms with E-state index >= 15 is 0 Å². The normalized spacial score (nSPS) is 10.5. The number of nitrogens with zero attached hydrogens (tertiary/aromatic N) is 4. The van der Waals surface area contributed by atoms with Gasteiger partial charge in [0.25, 0.3) is 5.69 Å². The van der Waals surface area contributed by atoms with E-state index in [9.17, 15) is 10.1 Å². The molecule has 0 aliphatic carbocycles. The van der Waals surface area contributed by atoms with Gasteiger partial charge < -0.3 is 5.73 Å². The summed E-state index contributed by atoms with van der Waals surface area (Å²) in [5, 5.41) is 18.5. The molecule has 0 spiro atoms. The number of hydrogen-bond acceptors (Lipinski definition) is 5. The fourth-order valence-electron chi connectivity index (χ4n) is 1.35. The first kappa shape index (κ1) is 11.7. The highest BCUT2D eigenvalue weighted by atomic mass is 79.9. The zero-order chi connectivity index (χ0) is 12.4. The molecule has 0 atom stereocenters. The van der Waals surface area contributed by atoms with Crippen LogP contribution < -0.4 is 5.73 Å². The second-order valence-corrected chi connectivity index (χ2v) is 4.16. The lowest BCUT2D eigenvalue weighted by atomic mass is 10.3. The first-order valence-electron chi connectivity index (χ1n) is 4.67. The second kappa shape index (κ2) is 4.60. The van der Waals surface area contributed by atoms with Gasteiger partial charge >= 0.3 is 0 Å². The van der Waals surface area contributed by atoms with E-state index in [4.69, 9.17) is 5.73 Å². The molecule has 0 radical (unpaired) electrons. The van der Waals surface area contributed by atoms with Crippen LogP contribution in [0.25, 0.3) is 5.69 Å². The van der Waals surface area contributed by atoms with Crippen LogP contribution in [-0.2, 0) is 6.54 Å². The number of aromatic nitrogens is 3. The van der Waals surface area contributed by atoms with Crippen molar-refractivity contribution in [3.63, 3.8) is 0 Å². The molecule has 0 fully saturated rings. The Morgan fingerprint density at radius 1 is 1.53 bits per heavy atom. The third kappa shape index (κ3) is 2.32. The molecule has 0 saturated heterocycles. The van der Waals surface area contributed by atoms with E-state index in [0.717, 1.165) is 0 Å². The van der Waals surface area contributed by atoms with Crippen molar-refractivity contribution in [1.29, 1.82) is 0 Å². The molecule has 2 rings (SSSR count). The van der Waals surface area contributed by atoms with Gasteiger partial charge in [0.1, 0.15) is 5.69 Å². The molecule has 0 aliphatic rings.